The van der Waals surface area contributed by atoms with E-state index in [-0.39, 0.29) is 5.54 Å². The minimum absolute atomic E-state index is 0.00569. The van der Waals surface area contributed by atoms with Crippen molar-refractivity contribution in [2.24, 2.45) is 0 Å². The van der Waals surface area contributed by atoms with E-state index < -0.39 is 0 Å². The van der Waals surface area contributed by atoms with E-state index in [9.17, 15) is 0 Å². The van der Waals surface area contributed by atoms with Gasteiger partial charge in [-0.05, 0) is 46.6 Å². The fraction of sp³-hybridized carbons (Fsp3) is 0.769. The van der Waals surface area contributed by atoms with Crippen molar-refractivity contribution in [1.82, 2.24) is 14.9 Å². The lowest BCUT2D eigenvalue weighted by molar-refractivity contribution is 0.125. The van der Waals surface area contributed by atoms with E-state index in [0.29, 0.717) is 5.54 Å². The van der Waals surface area contributed by atoms with Gasteiger partial charge >= 0.3 is 0 Å². The minimum atomic E-state index is -0.00569. The molecule has 1 heterocycles. The van der Waals surface area contributed by atoms with Crippen LogP contribution in [0.15, 0.2) is 12.5 Å². The predicted molar refractivity (Wildman–Crippen MR) is 66.4 cm³/mol. The van der Waals surface area contributed by atoms with Gasteiger partial charge in [-0.25, -0.2) is 4.98 Å². The zero-order valence-electron chi connectivity index (χ0n) is 10.9. The van der Waals surface area contributed by atoms with Crippen LogP contribution in [0.1, 0.15) is 52.1 Å². The summed E-state index contributed by atoms with van der Waals surface area (Å²) in [7, 11) is 2.01. The lowest BCUT2D eigenvalue weighted by Gasteiger charge is -2.45. The van der Waals surface area contributed by atoms with Gasteiger partial charge in [-0.15, -0.1) is 0 Å². The van der Waals surface area contributed by atoms with Gasteiger partial charge in [0, 0.05) is 5.54 Å². The van der Waals surface area contributed by atoms with Gasteiger partial charge in [-0.1, -0.05) is 6.92 Å². The Bertz CT molecular complexity index is 355. The van der Waals surface area contributed by atoms with Crippen LogP contribution < -0.4 is 5.32 Å². The third-order valence-corrected chi connectivity index (χ3v) is 4.36. The average molecular weight is 221 g/mol. The first-order valence-electron chi connectivity index (χ1n) is 6.28. The zero-order chi connectivity index (χ0) is 11.8. The molecule has 0 spiro atoms. The van der Waals surface area contributed by atoms with Crippen molar-refractivity contribution in [1.29, 1.82) is 0 Å². The van der Waals surface area contributed by atoms with Gasteiger partial charge in [0.2, 0.25) is 0 Å². The number of hydrogen-bond donors (Lipinski definition) is 1. The summed E-state index contributed by atoms with van der Waals surface area (Å²) >= 11 is 0. The van der Waals surface area contributed by atoms with Gasteiger partial charge in [0.05, 0.1) is 23.8 Å². The monoisotopic (exact) mass is 221 g/mol. The average Bonchev–Trinajstić information content (AvgIpc) is 2.67. The molecule has 0 radical (unpaired) electrons. The Kier molecular flexibility index (Phi) is 2.82. The largest absolute Gasteiger partial charge is 0.327 e. The van der Waals surface area contributed by atoms with E-state index in [0.717, 1.165) is 0 Å². The molecule has 1 aliphatic carbocycles. The lowest BCUT2D eigenvalue weighted by Crippen LogP contribution is -2.45. The van der Waals surface area contributed by atoms with Gasteiger partial charge < -0.3 is 9.88 Å². The van der Waals surface area contributed by atoms with Gasteiger partial charge in [0.15, 0.2) is 0 Å². The highest BCUT2D eigenvalue weighted by molar-refractivity contribution is 5.15. The molecule has 0 bridgehead atoms. The van der Waals surface area contributed by atoms with Crippen molar-refractivity contribution in [2.45, 2.75) is 57.5 Å². The molecule has 3 nitrogen and oxygen atoms in total. The fourth-order valence-electron chi connectivity index (χ4n) is 2.61. The van der Waals surface area contributed by atoms with Crippen LogP contribution in [-0.2, 0) is 11.1 Å². The number of aromatic nitrogens is 2. The standard InChI is InChI=1S/C13H23N3/c1-5-13(7-6-8-13)16-10-15-9-11(16)12(2,3)14-4/h9-10,14H,5-8H2,1-4H3. The van der Waals surface area contributed by atoms with Crippen molar-refractivity contribution < 1.29 is 0 Å². The summed E-state index contributed by atoms with van der Waals surface area (Å²) in [5.41, 5.74) is 1.64. The summed E-state index contributed by atoms with van der Waals surface area (Å²) in [6, 6.07) is 0. The van der Waals surface area contributed by atoms with Crippen molar-refractivity contribution in [3.63, 3.8) is 0 Å². The number of rotatable bonds is 4. The lowest BCUT2D eigenvalue weighted by atomic mass is 9.74. The summed E-state index contributed by atoms with van der Waals surface area (Å²) in [5, 5.41) is 3.37. The molecule has 1 saturated carbocycles. The van der Waals surface area contributed by atoms with Crippen molar-refractivity contribution in [3.05, 3.63) is 18.2 Å². The van der Waals surface area contributed by atoms with Gasteiger partial charge in [-0.2, -0.15) is 0 Å². The van der Waals surface area contributed by atoms with Gasteiger partial charge in [0.25, 0.3) is 0 Å². The Balaban J connectivity index is 2.39. The molecule has 1 fully saturated rings. The zero-order valence-corrected chi connectivity index (χ0v) is 10.9. The quantitative estimate of drug-likeness (QED) is 0.847. The van der Waals surface area contributed by atoms with E-state index in [2.05, 4.69) is 35.6 Å². The molecule has 3 heteroatoms. The Labute approximate surface area is 98.3 Å². The van der Waals surface area contributed by atoms with Gasteiger partial charge in [-0.3, -0.25) is 0 Å². The molecule has 2 rings (SSSR count). The second-order valence-electron chi connectivity index (χ2n) is 5.46. The second-order valence-corrected chi connectivity index (χ2v) is 5.46. The molecular formula is C13H23N3. The van der Waals surface area contributed by atoms with E-state index in [1.807, 2.05) is 19.6 Å². The summed E-state index contributed by atoms with van der Waals surface area (Å²) in [6.45, 7) is 6.71. The maximum Gasteiger partial charge on any atom is 0.0954 e. The first kappa shape index (κ1) is 11.6. The van der Waals surface area contributed by atoms with Crippen LogP contribution in [0.25, 0.3) is 0 Å². The van der Waals surface area contributed by atoms with E-state index in [1.54, 1.807) is 0 Å². The molecule has 1 aliphatic rings. The highest BCUT2D eigenvalue weighted by Crippen LogP contribution is 2.43. The first-order chi connectivity index (χ1) is 7.56. The normalized spacial score (nSPS) is 19.5. The van der Waals surface area contributed by atoms with Crippen LogP contribution in [0.2, 0.25) is 0 Å². The van der Waals surface area contributed by atoms with Crippen LogP contribution in [0, 0.1) is 0 Å². The summed E-state index contributed by atoms with van der Waals surface area (Å²) in [4.78, 5) is 4.36. The van der Waals surface area contributed by atoms with Crippen molar-refractivity contribution in [3.8, 4) is 0 Å². The molecule has 0 unspecified atom stereocenters. The third kappa shape index (κ3) is 1.58. The molecule has 16 heavy (non-hydrogen) atoms. The van der Waals surface area contributed by atoms with E-state index >= 15 is 0 Å². The topological polar surface area (TPSA) is 29.9 Å². The molecule has 1 N–H and O–H groups in total. The van der Waals surface area contributed by atoms with Crippen LogP contribution in [0.4, 0.5) is 0 Å². The molecule has 90 valence electrons. The summed E-state index contributed by atoms with van der Waals surface area (Å²) in [6.07, 6.45) is 9.17. The number of imidazole rings is 1. The number of nitrogens with zero attached hydrogens (tertiary/aromatic N) is 2. The smallest absolute Gasteiger partial charge is 0.0954 e. The number of hydrogen-bond acceptors (Lipinski definition) is 2. The van der Waals surface area contributed by atoms with Crippen LogP contribution >= 0.6 is 0 Å². The molecule has 0 aromatic carbocycles. The van der Waals surface area contributed by atoms with E-state index in [4.69, 9.17) is 0 Å². The Hall–Kier alpha value is -0.830. The Morgan fingerprint density at radius 1 is 1.50 bits per heavy atom. The van der Waals surface area contributed by atoms with Crippen molar-refractivity contribution >= 4 is 0 Å². The molecule has 0 aliphatic heterocycles. The summed E-state index contributed by atoms with van der Waals surface area (Å²) < 4.78 is 2.41. The molecule has 0 amide bonds. The predicted octanol–water partition coefficient (Wildman–Crippen LogP) is 2.63. The van der Waals surface area contributed by atoms with E-state index in [1.165, 1.54) is 31.4 Å². The highest BCUT2D eigenvalue weighted by atomic mass is 15.2. The molecule has 0 saturated heterocycles. The summed E-state index contributed by atoms with van der Waals surface area (Å²) in [5.74, 6) is 0. The second kappa shape index (κ2) is 3.88. The first-order valence-corrected chi connectivity index (χ1v) is 6.28. The molecule has 1 aromatic rings. The SMILES string of the molecule is CCC1(n2cncc2C(C)(C)NC)CCC1. The third-order valence-electron chi connectivity index (χ3n) is 4.36. The number of nitrogens with one attached hydrogen (secondary N) is 1. The van der Waals surface area contributed by atoms with Crippen LogP contribution in [0.5, 0.6) is 0 Å². The minimum Gasteiger partial charge on any atom is -0.327 e. The Morgan fingerprint density at radius 2 is 2.19 bits per heavy atom. The Morgan fingerprint density at radius 3 is 2.62 bits per heavy atom. The van der Waals surface area contributed by atoms with Crippen LogP contribution in [-0.4, -0.2) is 16.6 Å². The maximum absolute atomic E-state index is 4.36. The molecular weight excluding hydrogens is 198 g/mol. The highest BCUT2D eigenvalue weighted by Gasteiger charge is 2.39. The molecule has 0 atom stereocenters. The van der Waals surface area contributed by atoms with Gasteiger partial charge in [0.1, 0.15) is 0 Å². The molecule has 1 aromatic heterocycles. The fourth-order valence-corrected chi connectivity index (χ4v) is 2.61. The maximum atomic E-state index is 4.36. The van der Waals surface area contributed by atoms with Crippen molar-refractivity contribution in [2.75, 3.05) is 7.05 Å². The van der Waals surface area contributed by atoms with Crippen LogP contribution in [0.3, 0.4) is 0 Å².